The van der Waals surface area contributed by atoms with E-state index in [0.717, 1.165) is 35.6 Å². The second kappa shape index (κ2) is 7.83. The number of carbonyl (C=O) groups is 1. The molecule has 2 N–H and O–H groups in total. The lowest BCUT2D eigenvalue weighted by Gasteiger charge is -2.09. The molecule has 0 unspecified atom stereocenters. The van der Waals surface area contributed by atoms with Gasteiger partial charge < -0.3 is 20.1 Å². The normalized spacial score (nSPS) is 12.1. The molecular formula is C18H22N4O3. The van der Waals surface area contributed by atoms with E-state index in [1.807, 2.05) is 25.1 Å². The van der Waals surface area contributed by atoms with Crippen molar-refractivity contribution in [3.63, 3.8) is 0 Å². The second-order valence-corrected chi connectivity index (χ2v) is 5.87. The predicted molar refractivity (Wildman–Crippen MR) is 93.9 cm³/mol. The summed E-state index contributed by atoms with van der Waals surface area (Å²) in [6.07, 6.45) is 1.98. The van der Waals surface area contributed by atoms with E-state index in [-0.39, 0.29) is 12.7 Å². The molecule has 7 heteroatoms. The summed E-state index contributed by atoms with van der Waals surface area (Å²) in [6, 6.07) is 7.44. The summed E-state index contributed by atoms with van der Waals surface area (Å²) in [5.74, 6) is 1.74. The molecule has 25 heavy (non-hydrogen) atoms. The Hall–Kier alpha value is -2.83. The zero-order chi connectivity index (χ0) is 17.6. The molecule has 0 atom stereocenters. The minimum atomic E-state index is -0.176. The molecule has 1 aromatic carbocycles. The molecular weight excluding hydrogens is 320 g/mol. The maximum absolute atomic E-state index is 12.2. The van der Waals surface area contributed by atoms with Crippen LogP contribution in [0.4, 0.5) is 5.95 Å². The van der Waals surface area contributed by atoms with E-state index < -0.39 is 0 Å². The first-order chi connectivity index (χ1) is 12.2. The van der Waals surface area contributed by atoms with Crippen molar-refractivity contribution in [2.45, 2.75) is 33.2 Å². The Kier molecular flexibility index (Phi) is 5.33. The Balaban J connectivity index is 1.65. The van der Waals surface area contributed by atoms with Crippen LogP contribution >= 0.6 is 0 Å². The SMILES string of the molecule is CCCCNC(=O)c1cc(C)nc(NCc2ccc3c(c2)OCO3)n1. The maximum atomic E-state index is 12.2. The molecule has 0 saturated carbocycles. The van der Waals surface area contributed by atoms with Crippen LogP contribution in [0.5, 0.6) is 11.5 Å². The molecule has 7 nitrogen and oxygen atoms in total. The number of anilines is 1. The predicted octanol–water partition coefficient (Wildman–Crippen LogP) is 2.66. The third kappa shape index (κ3) is 4.37. The van der Waals surface area contributed by atoms with Gasteiger partial charge in [0.15, 0.2) is 11.5 Å². The Morgan fingerprint density at radius 2 is 2.04 bits per heavy atom. The number of rotatable bonds is 7. The van der Waals surface area contributed by atoms with Gasteiger partial charge in [-0.05, 0) is 37.1 Å². The average Bonchev–Trinajstić information content (AvgIpc) is 3.07. The lowest BCUT2D eigenvalue weighted by molar-refractivity contribution is 0.0948. The van der Waals surface area contributed by atoms with Crippen molar-refractivity contribution in [2.24, 2.45) is 0 Å². The molecule has 0 spiro atoms. The van der Waals surface area contributed by atoms with E-state index in [2.05, 4.69) is 27.5 Å². The van der Waals surface area contributed by atoms with Crippen LogP contribution in [0.25, 0.3) is 0 Å². The fourth-order valence-electron chi connectivity index (χ4n) is 2.47. The van der Waals surface area contributed by atoms with Gasteiger partial charge in [-0.25, -0.2) is 9.97 Å². The molecule has 1 aliphatic heterocycles. The van der Waals surface area contributed by atoms with E-state index in [9.17, 15) is 4.79 Å². The first-order valence-corrected chi connectivity index (χ1v) is 8.42. The lowest BCUT2D eigenvalue weighted by Crippen LogP contribution is -2.26. The van der Waals surface area contributed by atoms with Crippen LogP contribution in [0.15, 0.2) is 24.3 Å². The van der Waals surface area contributed by atoms with Crippen LogP contribution in [0.3, 0.4) is 0 Å². The van der Waals surface area contributed by atoms with E-state index in [1.165, 1.54) is 0 Å². The Labute approximate surface area is 146 Å². The summed E-state index contributed by atoms with van der Waals surface area (Å²) in [7, 11) is 0. The van der Waals surface area contributed by atoms with E-state index in [4.69, 9.17) is 9.47 Å². The summed E-state index contributed by atoms with van der Waals surface area (Å²) in [5, 5.41) is 6.03. The molecule has 132 valence electrons. The minimum absolute atomic E-state index is 0.176. The molecule has 3 rings (SSSR count). The van der Waals surface area contributed by atoms with Crippen LogP contribution in [-0.2, 0) is 6.54 Å². The van der Waals surface area contributed by atoms with Gasteiger partial charge in [-0.3, -0.25) is 4.79 Å². The number of ether oxygens (including phenoxy) is 2. The highest BCUT2D eigenvalue weighted by Crippen LogP contribution is 2.32. The fraction of sp³-hybridized carbons (Fsp3) is 0.389. The smallest absolute Gasteiger partial charge is 0.270 e. The van der Waals surface area contributed by atoms with Crippen LogP contribution in [0.2, 0.25) is 0 Å². The third-order valence-corrected chi connectivity index (χ3v) is 3.79. The minimum Gasteiger partial charge on any atom is -0.454 e. The topological polar surface area (TPSA) is 85.4 Å². The molecule has 1 aromatic heterocycles. The number of unbranched alkanes of at least 4 members (excludes halogenated alkanes) is 1. The number of benzene rings is 1. The summed E-state index contributed by atoms with van der Waals surface area (Å²) >= 11 is 0. The number of hydrogen-bond acceptors (Lipinski definition) is 6. The first-order valence-electron chi connectivity index (χ1n) is 8.42. The van der Waals surface area contributed by atoms with Gasteiger partial charge in [-0.1, -0.05) is 19.4 Å². The third-order valence-electron chi connectivity index (χ3n) is 3.79. The van der Waals surface area contributed by atoms with Crippen molar-refractivity contribution < 1.29 is 14.3 Å². The summed E-state index contributed by atoms with van der Waals surface area (Å²) < 4.78 is 10.7. The highest BCUT2D eigenvalue weighted by Gasteiger charge is 2.14. The highest BCUT2D eigenvalue weighted by atomic mass is 16.7. The Morgan fingerprint density at radius 3 is 2.88 bits per heavy atom. The molecule has 0 bridgehead atoms. The van der Waals surface area contributed by atoms with Crippen molar-refractivity contribution in [3.05, 3.63) is 41.2 Å². The largest absolute Gasteiger partial charge is 0.454 e. The molecule has 0 radical (unpaired) electrons. The van der Waals surface area contributed by atoms with Crippen LogP contribution in [0.1, 0.15) is 41.5 Å². The fourth-order valence-corrected chi connectivity index (χ4v) is 2.47. The zero-order valence-electron chi connectivity index (χ0n) is 14.5. The first kappa shape index (κ1) is 17.0. The van der Waals surface area contributed by atoms with Gasteiger partial charge in [-0.2, -0.15) is 0 Å². The van der Waals surface area contributed by atoms with Gasteiger partial charge in [0.1, 0.15) is 5.69 Å². The van der Waals surface area contributed by atoms with E-state index >= 15 is 0 Å². The summed E-state index contributed by atoms with van der Waals surface area (Å²) in [5.41, 5.74) is 2.13. The molecule has 2 aromatic rings. The van der Waals surface area contributed by atoms with Gasteiger partial charge in [0, 0.05) is 18.8 Å². The quantitative estimate of drug-likeness (QED) is 0.753. The molecule has 0 fully saturated rings. The Bertz CT molecular complexity index is 764. The monoisotopic (exact) mass is 342 g/mol. The number of nitrogens with one attached hydrogen (secondary N) is 2. The number of aryl methyl sites for hydroxylation is 1. The average molecular weight is 342 g/mol. The van der Waals surface area contributed by atoms with Crippen LogP contribution < -0.4 is 20.1 Å². The summed E-state index contributed by atoms with van der Waals surface area (Å²) in [6.45, 7) is 5.36. The summed E-state index contributed by atoms with van der Waals surface area (Å²) in [4.78, 5) is 20.8. The van der Waals surface area contributed by atoms with Gasteiger partial charge in [-0.15, -0.1) is 0 Å². The van der Waals surface area contributed by atoms with Crippen molar-refractivity contribution in [2.75, 3.05) is 18.7 Å². The van der Waals surface area contributed by atoms with Crippen molar-refractivity contribution in [1.82, 2.24) is 15.3 Å². The van der Waals surface area contributed by atoms with Crippen molar-refractivity contribution in [1.29, 1.82) is 0 Å². The molecule has 2 heterocycles. The van der Waals surface area contributed by atoms with Crippen LogP contribution in [-0.4, -0.2) is 29.2 Å². The van der Waals surface area contributed by atoms with Crippen molar-refractivity contribution >= 4 is 11.9 Å². The Morgan fingerprint density at radius 1 is 1.20 bits per heavy atom. The van der Waals surface area contributed by atoms with E-state index in [0.29, 0.717) is 24.7 Å². The molecule has 1 aliphatic rings. The molecule has 1 amide bonds. The van der Waals surface area contributed by atoms with Gasteiger partial charge in [0.05, 0.1) is 0 Å². The van der Waals surface area contributed by atoms with Gasteiger partial charge in [0.25, 0.3) is 5.91 Å². The number of amides is 1. The van der Waals surface area contributed by atoms with Gasteiger partial charge in [0.2, 0.25) is 12.7 Å². The highest BCUT2D eigenvalue weighted by molar-refractivity contribution is 5.92. The number of aromatic nitrogens is 2. The second-order valence-electron chi connectivity index (χ2n) is 5.87. The molecule has 0 aliphatic carbocycles. The zero-order valence-corrected chi connectivity index (χ0v) is 14.5. The number of hydrogen-bond donors (Lipinski definition) is 2. The standard InChI is InChI=1S/C18H22N4O3/c1-3-4-7-19-17(23)14-8-12(2)21-18(22-14)20-10-13-5-6-15-16(9-13)25-11-24-15/h5-6,8-9H,3-4,7,10-11H2,1-2H3,(H,19,23)(H,20,21,22). The maximum Gasteiger partial charge on any atom is 0.270 e. The molecule has 0 saturated heterocycles. The number of fused-ring (bicyclic) bond motifs is 1. The van der Waals surface area contributed by atoms with Crippen LogP contribution in [0, 0.1) is 6.92 Å². The van der Waals surface area contributed by atoms with E-state index in [1.54, 1.807) is 6.07 Å². The van der Waals surface area contributed by atoms with Gasteiger partial charge >= 0.3 is 0 Å². The lowest BCUT2D eigenvalue weighted by atomic mass is 10.2. The number of nitrogens with zero attached hydrogens (tertiary/aromatic N) is 2. The number of carbonyl (C=O) groups excluding carboxylic acids is 1. The van der Waals surface area contributed by atoms with Crippen molar-refractivity contribution in [3.8, 4) is 11.5 Å².